The highest BCUT2D eigenvalue weighted by atomic mass is 16.4. The molecule has 0 aromatic rings. The zero-order valence-electron chi connectivity index (χ0n) is 20.8. The normalized spacial score (nSPS) is 11.8. The molecule has 0 atom stereocenters. The summed E-state index contributed by atoms with van der Waals surface area (Å²) in [6, 6.07) is 0. The van der Waals surface area contributed by atoms with Crippen molar-refractivity contribution in [2.24, 2.45) is 0 Å². The van der Waals surface area contributed by atoms with Gasteiger partial charge in [-0.05, 0) is 12.8 Å². The summed E-state index contributed by atoms with van der Waals surface area (Å²) in [6.45, 7) is 0.909. The molecule has 0 aliphatic heterocycles. The van der Waals surface area contributed by atoms with Gasteiger partial charge >= 0.3 is 17.9 Å². The van der Waals surface area contributed by atoms with E-state index in [2.05, 4.69) is 6.92 Å². The molecular weight excluding hydrogens is 422 g/mol. The van der Waals surface area contributed by atoms with Crippen molar-refractivity contribution >= 4 is 17.9 Å². The van der Waals surface area contributed by atoms with Gasteiger partial charge in [0.05, 0.1) is 6.54 Å². The van der Waals surface area contributed by atoms with E-state index in [0.717, 1.165) is 12.8 Å². The molecule has 0 aliphatic rings. The maximum absolute atomic E-state index is 11.2. The monoisotopic (exact) mass is 470 g/mol. The molecule has 0 rings (SSSR count). The Kier molecular flexibility index (Phi) is 19.5. The van der Waals surface area contributed by atoms with Gasteiger partial charge in [-0.3, -0.25) is 4.48 Å². The number of hydrogen-bond donors (Lipinski definition) is 3. The second-order valence-corrected chi connectivity index (χ2v) is 9.37. The lowest BCUT2D eigenvalue weighted by molar-refractivity contribution is -0.907. The standard InChI is InChI=1S/C26H47NO6/c1-2-3-4-5-6-7-8-9-10-11-12-13-14-15-16-17-18-19-20-27(21-24(28)29,22-25(30)31)23-26(32)33/h17-18H,2-16,19-23H2,1H3,(H2-,28,29,30,31,32,33)/p+1/b18-17+. The van der Waals surface area contributed by atoms with E-state index in [1.807, 2.05) is 12.2 Å². The van der Waals surface area contributed by atoms with Gasteiger partial charge in [-0.2, -0.15) is 0 Å². The highest BCUT2D eigenvalue weighted by molar-refractivity contribution is 5.73. The van der Waals surface area contributed by atoms with Gasteiger partial charge in [0.1, 0.15) is 0 Å². The maximum atomic E-state index is 11.2. The van der Waals surface area contributed by atoms with Crippen molar-refractivity contribution in [1.82, 2.24) is 0 Å². The molecule has 0 spiro atoms. The largest absolute Gasteiger partial charge is 0.477 e. The van der Waals surface area contributed by atoms with Crippen molar-refractivity contribution < 1.29 is 34.2 Å². The number of rotatable bonds is 24. The molecule has 0 unspecified atom stereocenters. The first-order valence-electron chi connectivity index (χ1n) is 13.0. The molecule has 0 radical (unpaired) electrons. The number of unbranched alkanes of at least 4 members (excludes halogenated alkanes) is 14. The number of nitrogens with zero attached hydrogens (tertiary/aromatic N) is 1. The van der Waals surface area contributed by atoms with E-state index in [4.69, 9.17) is 15.3 Å². The van der Waals surface area contributed by atoms with Crippen molar-refractivity contribution in [2.45, 2.75) is 110 Å². The maximum Gasteiger partial charge on any atom is 0.359 e. The lowest BCUT2D eigenvalue weighted by Gasteiger charge is -2.33. The fraction of sp³-hybridized carbons (Fsp3) is 0.808. The van der Waals surface area contributed by atoms with E-state index >= 15 is 0 Å². The average Bonchev–Trinajstić information content (AvgIpc) is 2.71. The third kappa shape index (κ3) is 20.4. The molecule has 192 valence electrons. The summed E-state index contributed by atoms with van der Waals surface area (Å²) in [5, 5.41) is 27.3. The van der Waals surface area contributed by atoms with Crippen LogP contribution in [0.25, 0.3) is 0 Å². The van der Waals surface area contributed by atoms with E-state index in [9.17, 15) is 14.4 Å². The summed E-state index contributed by atoms with van der Waals surface area (Å²) in [5.74, 6) is -3.57. The van der Waals surface area contributed by atoms with Crippen LogP contribution in [0.2, 0.25) is 0 Å². The van der Waals surface area contributed by atoms with Gasteiger partial charge in [0.15, 0.2) is 19.6 Å². The number of aliphatic carboxylic acids is 3. The van der Waals surface area contributed by atoms with E-state index in [0.29, 0.717) is 6.42 Å². The quantitative estimate of drug-likeness (QED) is 0.0923. The SMILES string of the molecule is CCCCCCCCCCCCCCCC/C=C/CC[N+](CC(=O)O)(CC(=O)O)CC(=O)O. The highest BCUT2D eigenvalue weighted by Crippen LogP contribution is 2.14. The van der Waals surface area contributed by atoms with E-state index in [1.165, 1.54) is 83.5 Å². The predicted octanol–water partition coefficient (Wildman–Crippen LogP) is 5.87. The van der Waals surface area contributed by atoms with Crippen LogP contribution in [0.5, 0.6) is 0 Å². The summed E-state index contributed by atoms with van der Waals surface area (Å²) in [6.07, 6.45) is 23.9. The molecule has 0 heterocycles. The molecule has 0 aromatic carbocycles. The third-order valence-electron chi connectivity index (χ3n) is 6.07. The minimum Gasteiger partial charge on any atom is -0.477 e. The van der Waals surface area contributed by atoms with Crippen molar-refractivity contribution in [3.8, 4) is 0 Å². The van der Waals surface area contributed by atoms with Crippen LogP contribution < -0.4 is 0 Å². The molecule has 0 aliphatic carbocycles. The van der Waals surface area contributed by atoms with Crippen LogP contribution in [0.4, 0.5) is 0 Å². The average molecular weight is 471 g/mol. The lowest BCUT2D eigenvalue weighted by Crippen LogP contribution is -2.57. The molecule has 0 saturated carbocycles. The Labute approximate surface area is 200 Å². The van der Waals surface area contributed by atoms with Gasteiger partial charge in [-0.1, -0.05) is 103 Å². The molecule has 0 amide bonds. The second kappa shape index (κ2) is 20.7. The van der Waals surface area contributed by atoms with Crippen molar-refractivity contribution in [3.63, 3.8) is 0 Å². The Morgan fingerprint density at radius 2 is 0.879 bits per heavy atom. The Bertz CT molecular complexity index is 520. The minimum atomic E-state index is -1.19. The van der Waals surface area contributed by atoms with Gasteiger partial charge in [0.25, 0.3) is 0 Å². The topological polar surface area (TPSA) is 112 Å². The van der Waals surface area contributed by atoms with E-state index in [1.54, 1.807) is 0 Å². The summed E-state index contributed by atoms with van der Waals surface area (Å²) < 4.78 is -0.483. The van der Waals surface area contributed by atoms with Crippen molar-refractivity contribution in [3.05, 3.63) is 12.2 Å². The molecule has 7 nitrogen and oxygen atoms in total. The van der Waals surface area contributed by atoms with Gasteiger partial charge < -0.3 is 15.3 Å². The van der Waals surface area contributed by atoms with Gasteiger partial charge in [-0.25, -0.2) is 14.4 Å². The summed E-state index contributed by atoms with van der Waals surface area (Å²) in [4.78, 5) is 33.5. The Hall–Kier alpha value is -1.89. The zero-order valence-corrected chi connectivity index (χ0v) is 20.8. The van der Waals surface area contributed by atoms with Crippen molar-refractivity contribution in [1.29, 1.82) is 0 Å². The van der Waals surface area contributed by atoms with Crippen LogP contribution >= 0.6 is 0 Å². The van der Waals surface area contributed by atoms with Gasteiger partial charge in [0, 0.05) is 6.42 Å². The number of carbonyl (C=O) groups is 3. The molecule has 7 heteroatoms. The summed E-state index contributed by atoms with van der Waals surface area (Å²) in [7, 11) is 0. The molecule has 33 heavy (non-hydrogen) atoms. The molecule has 3 N–H and O–H groups in total. The first-order valence-corrected chi connectivity index (χ1v) is 13.0. The van der Waals surface area contributed by atoms with Crippen LogP contribution in [0.1, 0.15) is 110 Å². The van der Waals surface area contributed by atoms with Crippen LogP contribution in [0.15, 0.2) is 12.2 Å². The fourth-order valence-corrected chi connectivity index (χ4v) is 4.31. The first-order chi connectivity index (χ1) is 15.8. The Morgan fingerprint density at radius 3 is 1.24 bits per heavy atom. The first kappa shape index (κ1) is 31.1. The molecule has 0 saturated heterocycles. The number of carboxylic acid groups (broad SMARTS) is 3. The van der Waals surface area contributed by atoms with Crippen LogP contribution in [-0.4, -0.2) is 63.9 Å². The predicted molar refractivity (Wildman–Crippen MR) is 131 cm³/mol. The number of hydrogen-bond acceptors (Lipinski definition) is 3. The lowest BCUT2D eigenvalue weighted by atomic mass is 10.0. The number of carboxylic acids is 3. The zero-order chi connectivity index (χ0) is 24.8. The van der Waals surface area contributed by atoms with Crippen molar-refractivity contribution in [2.75, 3.05) is 26.2 Å². The molecule has 0 aromatic heterocycles. The molecule has 0 bridgehead atoms. The Morgan fingerprint density at radius 1 is 0.545 bits per heavy atom. The van der Waals surface area contributed by atoms with E-state index in [-0.39, 0.29) is 6.54 Å². The highest BCUT2D eigenvalue weighted by Gasteiger charge is 2.35. The Balaban J connectivity index is 3.85. The number of allylic oxidation sites excluding steroid dienone is 1. The van der Waals surface area contributed by atoms with Gasteiger partial charge in [0.2, 0.25) is 0 Å². The summed E-state index contributed by atoms with van der Waals surface area (Å²) >= 11 is 0. The van der Waals surface area contributed by atoms with Crippen LogP contribution in [0, 0.1) is 0 Å². The van der Waals surface area contributed by atoms with E-state index < -0.39 is 42.0 Å². The number of quaternary nitrogens is 1. The molecular formula is C26H48NO6+. The van der Waals surface area contributed by atoms with Crippen LogP contribution in [0.3, 0.4) is 0 Å². The van der Waals surface area contributed by atoms with Gasteiger partial charge in [-0.15, -0.1) is 0 Å². The summed E-state index contributed by atoms with van der Waals surface area (Å²) in [5.41, 5.74) is 0. The van der Waals surface area contributed by atoms with Crippen LogP contribution in [-0.2, 0) is 14.4 Å². The minimum absolute atomic E-state index is 0.181. The smallest absolute Gasteiger partial charge is 0.359 e. The molecule has 0 fully saturated rings. The fourth-order valence-electron chi connectivity index (χ4n) is 4.31. The third-order valence-corrected chi connectivity index (χ3v) is 6.07. The second-order valence-electron chi connectivity index (χ2n) is 9.37.